The first kappa shape index (κ1) is 13.0. The highest BCUT2D eigenvalue weighted by Crippen LogP contribution is 2.44. The molecule has 2 bridgehead atoms. The summed E-state index contributed by atoms with van der Waals surface area (Å²) in [4.78, 5) is 21.8. The second-order valence-electron chi connectivity index (χ2n) is 5.68. The Balaban J connectivity index is 1.71. The summed E-state index contributed by atoms with van der Waals surface area (Å²) >= 11 is 0. The zero-order valence-electron chi connectivity index (χ0n) is 10.8. The molecule has 1 amide bonds. The van der Waals surface area contributed by atoms with Gasteiger partial charge >= 0.3 is 5.69 Å². The molecule has 0 aliphatic heterocycles. The lowest BCUT2D eigenvalue weighted by Crippen LogP contribution is -2.38. The number of benzene rings is 1. The molecule has 1 N–H and O–H groups in total. The number of rotatable bonds is 3. The SMILES string of the molecule is O=C(NC1CC2CCC1C2)c1ccc([N+](=O)[O-])c(F)c1. The van der Waals surface area contributed by atoms with Gasteiger partial charge in [0.25, 0.3) is 5.91 Å². The quantitative estimate of drug-likeness (QED) is 0.682. The van der Waals surface area contributed by atoms with Crippen LogP contribution in [0.4, 0.5) is 10.1 Å². The Kier molecular flexibility index (Phi) is 3.16. The van der Waals surface area contributed by atoms with Crippen LogP contribution in [-0.2, 0) is 0 Å². The van der Waals surface area contributed by atoms with Gasteiger partial charge in [-0.1, -0.05) is 6.42 Å². The number of carbonyl (C=O) groups excluding carboxylic acids is 1. The lowest BCUT2D eigenvalue weighted by molar-refractivity contribution is -0.387. The number of nitro benzene ring substituents is 1. The second kappa shape index (κ2) is 4.85. The number of nitrogens with one attached hydrogen (secondary N) is 1. The smallest absolute Gasteiger partial charge is 0.304 e. The number of carbonyl (C=O) groups is 1. The first-order chi connectivity index (χ1) is 9.54. The van der Waals surface area contributed by atoms with E-state index >= 15 is 0 Å². The van der Waals surface area contributed by atoms with Gasteiger partial charge in [-0.25, -0.2) is 0 Å². The molecule has 6 heteroatoms. The van der Waals surface area contributed by atoms with Gasteiger partial charge in [-0.2, -0.15) is 4.39 Å². The highest BCUT2D eigenvalue weighted by molar-refractivity contribution is 5.94. The van der Waals surface area contributed by atoms with Crippen LogP contribution in [0, 0.1) is 27.8 Å². The first-order valence-corrected chi connectivity index (χ1v) is 6.79. The maximum Gasteiger partial charge on any atom is 0.304 e. The van der Waals surface area contributed by atoms with Crippen molar-refractivity contribution in [1.82, 2.24) is 5.32 Å². The molecular weight excluding hydrogens is 263 g/mol. The lowest BCUT2D eigenvalue weighted by Gasteiger charge is -2.22. The molecule has 20 heavy (non-hydrogen) atoms. The van der Waals surface area contributed by atoms with Crippen LogP contribution in [-0.4, -0.2) is 16.9 Å². The van der Waals surface area contributed by atoms with Crippen LogP contribution < -0.4 is 5.32 Å². The molecule has 2 saturated carbocycles. The van der Waals surface area contributed by atoms with Crippen molar-refractivity contribution >= 4 is 11.6 Å². The minimum atomic E-state index is -0.976. The summed E-state index contributed by atoms with van der Waals surface area (Å²) in [5.41, 5.74) is -0.475. The number of amides is 1. The maximum absolute atomic E-state index is 13.5. The summed E-state index contributed by atoms with van der Waals surface area (Å²) in [5, 5.41) is 13.5. The molecule has 0 heterocycles. The summed E-state index contributed by atoms with van der Waals surface area (Å²) in [6.07, 6.45) is 4.54. The van der Waals surface area contributed by atoms with Crippen molar-refractivity contribution in [3.8, 4) is 0 Å². The van der Waals surface area contributed by atoms with Crippen molar-refractivity contribution in [2.45, 2.75) is 31.7 Å². The van der Waals surface area contributed by atoms with Gasteiger partial charge in [0, 0.05) is 17.7 Å². The van der Waals surface area contributed by atoms with Crippen molar-refractivity contribution in [1.29, 1.82) is 0 Å². The van der Waals surface area contributed by atoms with Gasteiger partial charge in [0.15, 0.2) is 0 Å². The largest absolute Gasteiger partial charge is 0.349 e. The Bertz CT molecular complexity index is 576. The fourth-order valence-corrected chi connectivity index (χ4v) is 3.47. The molecule has 0 spiro atoms. The molecule has 106 valence electrons. The van der Waals surface area contributed by atoms with E-state index in [4.69, 9.17) is 0 Å². The predicted molar refractivity (Wildman–Crippen MR) is 69.8 cm³/mol. The van der Waals surface area contributed by atoms with E-state index in [0.29, 0.717) is 11.8 Å². The minimum Gasteiger partial charge on any atom is -0.349 e. The number of fused-ring (bicyclic) bond motifs is 2. The molecule has 5 nitrogen and oxygen atoms in total. The van der Waals surface area contributed by atoms with Gasteiger partial charge in [-0.05, 0) is 43.2 Å². The van der Waals surface area contributed by atoms with Crippen LogP contribution in [0.25, 0.3) is 0 Å². The molecule has 2 aliphatic rings. The topological polar surface area (TPSA) is 72.2 Å². The molecule has 0 aromatic heterocycles. The standard InChI is InChI=1S/C14H15FN2O3/c15-11-7-10(3-4-13(11)17(19)20)14(18)16-12-6-8-1-2-9(12)5-8/h3-4,7-9,12H,1-2,5-6H2,(H,16,18). The normalized spacial score (nSPS) is 27.6. The molecule has 1 aromatic rings. The van der Waals surface area contributed by atoms with Crippen LogP contribution in [0.1, 0.15) is 36.0 Å². The van der Waals surface area contributed by atoms with E-state index in [2.05, 4.69) is 5.32 Å². The van der Waals surface area contributed by atoms with Gasteiger partial charge in [0.1, 0.15) is 0 Å². The average Bonchev–Trinajstić information content (AvgIpc) is 3.00. The van der Waals surface area contributed by atoms with Crippen LogP contribution >= 0.6 is 0 Å². The maximum atomic E-state index is 13.5. The van der Waals surface area contributed by atoms with Gasteiger partial charge in [-0.3, -0.25) is 14.9 Å². The third kappa shape index (κ3) is 2.26. The summed E-state index contributed by atoms with van der Waals surface area (Å²) in [5.74, 6) is -0.0855. The fourth-order valence-electron chi connectivity index (χ4n) is 3.47. The van der Waals surface area contributed by atoms with Crippen LogP contribution in [0.3, 0.4) is 0 Å². The minimum absolute atomic E-state index is 0.135. The molecule has 0 saturated heterocycles. The second-order valence-corrected chi connectivity index (χ2v) is 5.68. The van der Waals surface area contributed by atoms with Crippen molar-refractivity contribution in [3.63, 3.8) is 0 Å². The van der Waals surface area contributed by atoms with Gasteiger partial charge in [-0.15, -0.1) is 0 Å². The molecule has 3 atom stereocenters. The van der Waals surface area contributed by atoms with Crippen molar-refractivity contribution in [3.05, 3.63) is 39.7 Å². The third-order valence-corrected chi connectivity index (χ3v) is 4.46. The van der Waals surface area contributed by atoms with Gasteiger partial charge < -0.3 is 5.32 Å². The van der Waals surface area contributed by atoms with Crippen LogP contribution in [0.5, 0.6) is 0 Å². The Morgan fingerprint density at radius 1 is 1.35 bits per heavy atom. The van der Waals surface area contributed by atoms with Crippen molar-refractivity contribution < 1.29 is 14.1 Å². The average molecular weight is 278 g/mol. The lowest BCUT2D eigenvalue weighted by atomic mass is 9.95. The van der Waals surface area contributed by atoms with E-state index in [1.54, 1.807) is 0 Å². The van der Waals surface area contributed by atoms with Gasteiger partial charge in [0.05, 0.1) is 4.92 Å². The molecule has 0 radical (unpaired) electrons. The summed E-state index contributed by atoms with van der Waals surface area (Å²) in [6, 6.07) is 3.43. The summed E-state index contributed by atoms with van der Waals surface area (Å²) in [7, 11) is 0. The molecule has 2 fully saturated rings. The molecule has 3 rings (SSSR count). The Labute approximate surface area is 115 Å². The summed E-state index contributed by atoms with van der Waals surface area (Å²) in [6.45, 7) is 0. The van der Waals surface area contributed by atoms with Crippen molar-refractivity contribution in [2.75, 3.05) is 0 Å². The zero-order chi connectivity index (χ0) is 14.3. The van der Waals surface area contributed by atoms with Crippen LogP contribution in [0.15, 0.2) is 18.2 Å². The van der Waals surface area contributed by atoms with E-state index in [1.807, 2.05) is 0 Å². The number of nitro groups is 1. The fraction of sp³-hybridized carbons (Fsp3) is 0.500. The molecule has 2 aliphatic carbocycles. The Morgan fingerprint density at radius 3 is 2.70 bits per heavy atom. The van der Waals surface area contributed by atoms with Crippen LogP contribution in [0.2, 0.25) is 0 Å². The first-order valence-electron chi connectivity index (χ1n) is 6.79. The molecular formula is C14H15FN2O3. The van der Waals surface area contributed by atoms with Gasteiger partial charge in [0.2, 0.25) is 5.82 Å². The van der Waals surface area contributed by atoms with E-state index < -0.39 is 16.4 Å². The predicted octanol–water partition coefficient (Wildman–Crippen LogP) is 2.65. The van der Waals surface area contributed by atoms with E-state index in [9.17, 15) is 19.3 Å². The highest BCUT2D eigenvalue weighted by atomic mass is 19.1. The van der Waals surface area contributed by atoms with E-state index in [-0.39, 0.29) is 17.5 Å². The van der Waals surface area contributed by atoms with E-state index in [0.717, 1.165) is 25.0 Å². The van der Waals surface area contributed by atoms with E-state index in [1.165, 1.54) is 18.9 Å². The monoisotopic (exact) mass is 278 g/mol. The number of hydrogen-bond acceptors (Lipinski definition) is 3. The molecule has 3 unspecified atom stereocenters. The number of nitrogens with zero attached hydrogens (tertiary/aromatic N) is 1. The van der Waals surface area contributed by atoms with Crippen molar-refractivity contribution in [2.24, 2.45) is 11.8 Å². The summed E-state index contributed by atoms with van der Waals surface area (Å²) < 4.78 is 13.5. The number of hydrogen-bond donors (Lipinski definition) is 1. The number of halogens is 1. The third-order valence-electron chi connectivity index (χ3n) is 4.46. The molecule has 1 aromatic carbocycles. The highest BCUT2D eigenvalue weighted by Gasteiger charge is 2.40. The Morgan fingerprint density at radius 2 is 2.15 bits per heavy atom. The zero-order valence-corrected chi connectivity index (χ0v) is 10.8. The Hall–Kier alpha value is -1.98.